The van der Waals surface area contributed by atoms with Gasteiger partial charge in [0.15, 0.2) is 11.4 Å². The molecule has 1 aromatic heterocycles. The second-order valence-corrected chi connectivity index (χ2v) is 6.67. The summed E-state index contributed by atoms with van der Waals surface area (Å²) >= 11 is 3.22. The number of amides is 3. The average molecular weight is 459 g/mol. The van der Waals surface area contributed by atoms with Gasteiger partial charge in [-0.1, -0.05) is 15.9 Å². The molecule has 7 nitrogen and oxygen atoms in total. The van der Waals surface area contributed by atoms with Crippen molar-refractivity contribution in [1.82, 2.24) is 10.3 Å². The minimum Gasteiger partial charge on any atom is -0.455 e. The maximum Gasteiger partial charge on any atom is 0.323 e. The summed E-state index contributed by atoms with van der Waals surface area (Å²) in [7, 11) is 1.51. The number of anilines is 2. The quantitative estimate of drug-likeness (QED) is 0.512. The van der Waals surface area contributed by atoms with Gasteiger partial charge in [0, 0.05) is 23.4 Å². The van der Waals surface area contributed by atoms with Gasteiger partial charge in [-0.25, -0.2) is 14.2 Å². The topological polar surface area (TPSA) is 92.3 Å². The molecule has 0 radical (unpaired) electrons. The zero-order valence-corrected chi connectivity index (χ0v) is 16.8. The molecule has 0 spiro atoms. The number of pyridine rings is 1. The summed E-state index contributed by atoms with van der Waals surface area (Å²) in [6.07, 6.45) is 1.50. The van der Waals surface area contributed by atoms with E-state index in [1.165, 1.54) is 31.4 Å². The number of hydrogen-bond donors (Lipinski definition) is 3. The van der Waals surface area contributed by atoms with Crippen molar-refractivity contribution in [1.29, 1.82) is 0 Å². The van der Waals surface area contributed by atoms with Crippen LogP contribution in [0.3, 0.4) is 0 Å². The van der Waals surface area contributed by atoms with Crippen molar-refractivity contribution in [3.8, 4) is 11.5 Å². The van der Waals surface area contributed by atoms with E-state index >= 15 is 0 Å². The highest BCUT2D eigenvalue weighted by atomic mass is 79.9. The summed E-state index contributed by atoms with van der Waals surface area (Å²) < 4.78 is 20.1. The predicted octanol–water partition coefficient (Wildman–Crippen LogP) is 4.78. The molecule has 9 heteroatoms. The summed E-state index contributed by atoms with van der Waals surface area (Å²) in [6, 6.07) is 13.4. The molecule has 0 aliphatic heterocycles. The first kappa shape index (κ1) is 20.3. The largest absolute Gasteiger partial charge is 0.455 e. The van der Waals surface area contributed by atoms with Crippen LogP contribution in [-0.4, -0.2) is 24.0 Å². The minimum atomic E-state index is -0.593. The van der Waals surface area contributed by atoms with Gasteiger partial charge >= 0.3 is 6.03 Å². The van der Waals surface area contributed by atoms with Gasteiger partial charge in [-0.15, -0.1) is 0 Å². The fraction of sp³-hybridized carbons (Fsp3) is 0.0500. The Morgan fingerprint density at radius 2 is 1.83 bits per heavy atom. The van der Waals surface area contributed by atoms with Crippen molar-refractivity contribution < 1.29 is 18.7 Å². The SMILES string of the molecule is CNC(=O)c1ncccc1Oc1ccc(NC(=O)Nc2cc(Br)ccc2F)cc1. The first-order chi connectivity index (χ1) is 14.0. The third-order valence-electron chi connectivity index (χ3n) is 3.73. The smallest absolute Gasteiger partial charge is 0.323 e. The fourth-order valence-electron chi connectivity index (χ4n) is 2.37. The summed E-state index contributed by atoms with van der Waals surface area (Å²) in [5.41, 5.74) is 0.686. The average Bonchev–Trinajstić information content (AvgIpc) is 2.72. The Labute approximate surface area is 174 Å². The molecule has 3 amide bonds. The van der Waals surface area contributed by atoms with Crippen LogP contribution in [-0.2, 0) is 0 Å². The van der Waals surface area contributed by atoms with Gasteiger partial charge in [-0.3, -0.25) is 4.79 Å². The van der Waals surface area contributed by atoms with E-state index in [0.29, 0.717) is 21.7 Å². The zero-order chi connectivity index (χ0) is 20.8. The lowest BCUT2D eigenvalue weighted by Gasteiger charge is -2.11. The molecule has 0 unspecified atom stereocenters. The number of nitrogens with one attached hydrogen (secondary N) is 3. The zero-order valence-electron chi connectivity index (χ0n) is 15.2. The molecule has 0 aliphatic rings. The Bertz CT molecular complexity index is 1040. The van der Waals surface area contributed by atoms with Crippen molar-refractivity contribution >= 4 is 39.2 Å². The van der Waals surface area contributed by atoms with Crippen LogP contribution in [0.1, 0.15) is 10.5 Å². The van der Waals surface area contributed by atoms with Gasteiger partial charge in [0.05, 0.1) is 5.69 Å². The molecule has 3 N–H and O–H groups in total. The third kappa shape index (κ3) is 5.29. The molecule has 2 aromatic carbocycles. The first-order valence-corrected chi connectivity index (χ1v) is 9.23. The molecule has 0 saturated carbocycles. The minimum absolute atomic E-state index is 0.0511. The van der Waals surface area contributed by atoms with Crippen LogP contribution in [0, 0.1) is 5.82 Å². The number of urea groups is 1. The number of nitrogens with zero attached hydrogens (tertiary/aromatic N) is 1. The molecule has 0 atom stereocenters. The molecule has 1 heterocycles. The number of carbonyl (C=O) groups is 2. The normalized spacial score (nSPS) is 10.2. The highest BCUT2D eigenvalue weighted by Crippen LogP contribution is 2.25. The Kier molecular flexibility index (Phi) is 6.40. The second-order valence-electron chi connectivity index (χ2n) is 5.76. The Balaban J connectivity index is 1.66. The summed E-state index contributed by atoms with van der Waals surface area (Å²) in [4.78, 5) is 28.0. The van der Waals surface area contributed by atoms with Crippen LogP contribution in [0.15, 0.2) is 65.3 Å². The van der Waals surface area contributed by atoms with Gasteiger partial charge in [0.2, 0.25) is 0 Å². The fourth-order valence-corrected chi connectivity index (χ4v) is 2.73. The van der Waals surface area contributed by atoms with Crippen molar-refractivity contribution in [2.75, 3.05) is 17.7 Å². The van der Waals surface area contributed by atoms with Crippen LogP contribution in [0.4, 0.5) is 20.6 Å². The maximum atomic E-state index is 13.7. The molecule has 0 fully saturated rings. The number of hydrogen-bond acceptors (Lipinski definition) is 4. The molecule has 148 valence electrons. The van der Waals surface area contributed by atoms with Crippen molar-refractivity contribution in [2.45, 2.75) is 0 Å². The van der Waals surface area contributed by atoms with Crippen LogP contribution < -0.4 is 20.7 Å². The van der Waals surface area contributed by atoms with Gasteiger partial charge in [-0.2, -0.15) is 0 Å². The molecule has 29 heavy (non-hydrogen) atoms. The van der Waals surface area contributed by atoms with Crippen LogP contribution in [0.2, 0.25) is 0 Å². The van der Waals surface area contributed by atoms with E-state index in [0.717, 1.165) is 0 Å². The van der Waals surface area contributed by atoms with Gasteiger partial charge in [-0.05, 0) is 54.6 Å². The lowest BCUT2D eigenvalue weighted by Crippen LogP contribution is -2.20. The molecule has 0 aliphatic carbocycles. The Morgan fingerprint density at radius 3 is 2.55 bits per heavy atom. The lowest BCUT2D eigenvalue weighted by atomic mass is 10.3. The summed E-state index contributed by atoms with van der Waals surface area (Å²) in [6.45, 7) is 0. The molecular weight excluding hydrogens is 443 g/mol. The maximum absolute atomic E-state index is 13.7. The van der Waals surface area contributed by atoms with Gasteiger partial charge < -0.3 is 20.7 Å². The molecular formula is C20H16BrFN4O3. The van der Waals surface area contributed by atoms with Gasteiger partial charge in [0.25, 0.3) is 5.91 Å². The number of benzene rings is 2. The predicted molar refractivity (Wildman–Crippen MR) is 111 cm³/mol. The van der Waals surface area contributed by atoms with Crippen molar-refractivity contribution in [3.05, 3.63) is 76.8 Å². The third-order valence-corrected chi connectivity index (χ3v) is 4.22. The summed E-state index contributed by atoms with van der Waals surface area (Å²) in [5.74, 6) is -0.159. The number of rotatable bonds is 5. The second kappa shape index (κ2) is 9.16. The Morgan fingerprint density at radius 1 is 1.07 bits per heavy atom. The number of aromatic nitrogens is 1. The van der Waals surface area contributed by atoms with E-state index < -0.39 is 11.8 Å². The lowest BCUT2D eigenvalue weighted by molar-refractivity contribution is 0.0955. The van der Waals surface area contributed by atoms with Gasteiger partial charge in [0.1, 0.15) is 11.6 Å². The van der Waals surface area contributed by atoms with E-state index in [4.69, 9.17) is 4.74 Å². The van der Waals surface area contributed by atoms with Crippen LogP contribution in [0.5, 0.6) is 11.5 Å². The van der Waals surface area contributed by atoms with E-state index in [-0.39, 0.29) is 17.3 Å². The number of ether oxygens (including phenoxy) is 1. The first-order valence-electron chi connectivity index (χ1n) is 8.44. The van der Waals surface area contributed by atoms with E-state index in [2.05, 4.69) is 36.9 Å². The van der Waals surface area contributed by atoms with Crippen LogP contribution in [0.25, 0.3) is 0 Å². The molecule has 3 aromatic rings. The van der Waals surface area contributed by atoms with E-state index in [1.54, 1.807) is 36.4 Å². The standard InChI is InChI=1S/C20H16BrFN4O3/c1-23-19(27)18-17(3-2-10-24-18)29-14-7-5-13(6-8-14)25-20(28)26-16-11-12(21)4-9-15(16)22/h2-11H,1H3,(H,23,27)(H2,25,26,28). The molecule has 0 bridgehead atoms. The number of carbonyl (C=O) groups excluding carboxylic acids is 2. The monoisotopic (exact) mass is 458 g/mol. The Hall–Kier alpha value is -3.46. The van der Waals surface area contributed by atoms with Crippen LogP contribution >= 0.6 is 15.9 Å². The van der Waals surface area contributed by atoms with Crippen molar-refractivity contribution in [2.24, 2.45) is 0 Å². The molecule has 3 rings (SSSR count). The van der Waals surface area contributed by atoms with E-state index in [9.17, 15) is 14.0 Å². The van der Waals surface area contributed by atoms with Crippen molar-refractivity contribution in [3.63, 3.8) is 0 Å². The summed E-state index contributed by atoms with van der Waals surface area (Å²) in [5, 5.41) is 7.54. The molecule has 0 saturated heterocycles. The van der Waals surface area contributed by atoms with E-state index in [1.807, 2.05) is 0 Å². The highest BCUT2D eigenvalue weighted by Gasteiger charge is 2.13. The highest BCUT2D eigenvalue weighted by molar-refractivity contribution is 9.10. The number of halogens is 2.